The maximum atomic E-state index is 11.8. The summed E-state index contributed by atoms with van der Waals surface area (Å²) in [6, 6.07) is 0. The Morgan fingerprint density at radius 1 is 1.50 bits per heavy atom. The van der Waals surface area contributed by atoms with E-state index in [0.717, 1.165) is 6.54 Å². The Bertz CT molecular complexity index is 194. The van der Waals surface area contributed by atoms with Crippen molar-refractivity contribution in [2.75, 3.05) is 19.6 Å². The third kappa shape index (κ3) is 4.42. The highest BCUT2D eigenvalue weighted by Crippen LogP contribution is 2.12. The highest BCUT2D eigenvalue weighted by molar-refractivity contribution is 5.79. The van der Waals surface area contributed by atoms with E-state index in [9.17, 15) is 4.79 Å². The quantitative estimate of drug-likeness (QED) is 0.677. The Morgan fingerprint density at radius 3 is 2.43 bits per heavy atom. The zero-order valence-electron chi connectivity index (χ0n) is 9.76. The monoisotopic (exact) mass is 198 g/mol. The first-order valence-electron chi connectivity index (χ1n) is 5.05. The van der Waals surface area contributed by atoms with E-state index in [2.05, 4.69) is 11.9 Å². The minimum absolute atomic E-state index is 0.124. The Kier molecular flexibility index (Phi) is 5.46. The van der Waals surface area contributed by atoms with E-state index in [0.29, 0.717) is 13.1 Å². The fourth-order valence-electron chi connectivity index (χ4n) is 1.21. The van der Waals surface area contributed by atoms with Crippen molar-refractivity contribution in [2.24, 2.45) is 0 Å². The van der Waals surface area contributed by atoms with Gasteiger partial charge in [0.25, 0.3) is 0 Å². The van der Waals surface area contributed by atoms with Gasteiger partial charge in [-0.3, -0.25) is 4.79 Å². The first-order chi connectivity index (χ1) is 6.43. The molecule has 14 heavy (non-hydrogen) atoms. The predicted molar refractivity (Wildman–Crippen MR) is 60.2 cm³/mol. The number of nitrogens with one attached hydrogen (secondary N) is 1. The third-order valence-corrected chi connectivity index (χ3v) is 1.95. The zero-order chi connectivity index (χ0) is 11.2. The summed E-state index contributed by atoms with van der Waals surface area (Å²) in [7, 11) is 0. The standard InChI is InChI=1S/C11H22N2O/c1-6-8-13(11(3,4)5)10(14)9-12-7-2/h6,12H,1,7-9H2,2-5H3. The average Bonchev–Trinajstić information content (AvgIpc) is 2.08. The molecule has 0 rings (SSSR count). The molecule has 0 aliphatic carbocycles. The van der Waals surface area contributed by atoms with Crippen LogP contribution >= 0.6 is 0 Å². The van der Waals surface area contributed by atoms with Gasteiger partial charge < -0.3 is 10.2 Å². The van der Waals surface area contributed by atoms with E-state index in [-0.39, 0.29) is 11.4 Å². The van der Waals surface area contributed by atoms with Crippen molar-refractivity contribution in [2.45, 2.75) is 33.2 Å². The van der Waals surface area contributed by atoms with Crippen LogP contribution < -0.4 is 5.32 Å². The van der Waals surface area contributed by atoms with Crippen LogP contribution in [-0.4, -0.2) is 36.0 Å². The van der Waals surface area contributed by atoms with Gasteiger partial charge in [-0.25, -0.2) is 0 Å². The lowest BCUT2D eigenvalue weighted by Gasteiger charge is -2.35. The first kappa shape index (κ1) is 13.2. The van der Waals surface area contributed by atoms with Gasteiger partial charge in [0.15, 0.2) is 0 Å². The van der Waals surface area contributed by atoms with E-state index in [4.69, 9.17) is 0 Å². The van der Waals surface area contributed by atoms with Crippen LogP contribution in [0.1, 0.15) is 27.7 Å². The summed E-state index contributed by atoms with van der Waals surface area (Å²) >= 11 is 0. The van der Waals surface area contributed by atoms with Gasteiger partial charge in [0.05, 0.1) is 6.54 Å². The molecule has 0 spiro atoms. The van der Waals surface area contributed by atoms with Crippen LogP contribution in [0.3, 0.4) is 0 Å². The van der Waals surface area contributed by atoms with Crippen molar-refractivity contribution in [1.82, 2.24) is 10.2 Å². The topological polar surface area (TPSA) is 32.3 Å². The molecular formula is C11H22N2O. The number of rotatable bonds is 5. The van der Waals surface area contributed by atoms with E-state index >= 15 is 0 Å². The molecule has 0 heterocycles. The molecule has 0 saturated heterocycles. The summed E-state index contributed by atoms with van der Waals surface area (Å²) in [6.45, 7) is 13.6. The van der Waals surface area contributed by atoms with Crippen molar-refractivity contribution >= 4 is 5.91 Å². The maximum Gasteiger partial charge on any atom is 0.237 e. The SMILES string of the molecule is C=CCN(C(=O)CNCC)C(C)(C)C. The fourth-order valence-corrected chi connectivity index (χ4v) is 1.21. The smallest absolute Gasteiger partial charge is 0.237 e. The van der Waals surface area contributed by atoms with Crippen molar-refractivity contribution in [3.05, 3.63) is 12.7 Å². The number of likely N-dealkylation sites (N-methyl/N-ethyl adjacent to an activating group) is 1. The molecule has 82 valence electrons. The molecule has 0 aliphatic rings. The lowest BCUT2D eigenvalue weighted by atomic mass is 10.1. The van der Waals surface area contributed by atoms with Crippen LogP contribution in [0.5, 0.6) is 0 Å². The minimum atomic E-state index is -0.138. The van der Waals surface area contributed by atoms with Crippen LogP contribution in [0, 0.1) is 0 Å². The highest BCUT2D eigenvalue weighted by atomic mass is 16.2. The molecule has 0 fully saturated rings. The summed E-state index contributed by atoms with van der Waals surface area (Å²) < 4.78 is 0. The zero-order valence-corrected chi connectivity index (χ0v) is 9.76. The van der Waals surface area contributed by atoms with Gasteiger partial charge in [0.1, 0.15) is 0 Å². The molecule has 3 nitrogen and oxygen atoms in total. The normalized spacial score (nSPS) is 11.1. The molecule has 0 aliphatic heterocycles. The maximum absolute atomic E-state index is 11.8. The second-order valence-electron chi connectivity index (χ2n) is 4.24. The summed E-state index contributed by atoms with van der Waals surface area (Å²) in [5, 5.41) is 3.03. The van der Waals surface area contributed by atoms with Gasteiger partial charge in [-0.15, -0.1) is 6.58 Å². The van der Waals surface area contributed by atoms with Gasteiger partial charge in [-0.05, 0) is 27.3 Å². The van der Waals surface area contributed by atoms with E-state index < -0.39 is 0 Å². The molecule has 0 bridgehead atoms. The minimum Gasteiger partial charge on any atom is -0.333 e. The van der Waals surface area contributed by atoms with Crippen LogP contribution in [0.4, 0.5) is 0 Å². The third-order valence-electron chi connectivity index (χ3n) is 1.95. The molecule has 0 radical (unpaired) electrons. The van der Waals surface area contributed by atoms with Gasteiger partial charge in [-0.2, -0.15) is 0 Å². The van der Waals surface area contributed by atoms with Crippen LogP contribution in [-0.2, 0) is 4.79 Å². The summed E-state index contributed by atoms with van der Waals surface area (Å²) in [5.41, 5.74) is -0.138. The molecule has 1 amide bonds. The predicted octanol–water partition coefficient (Wildman–Crippen LogP) is 1.41. The van der Waals surface area contributed by atoms with E-state index in [1.807, 2.05) is 32.6 Å². The molecular weight excluding hydrogens is 176 g/mol. The van der Waals surface area contributed by atoms with Gasteiger partial charge >= 0.3 is 0 Å². The van der Waals surface area contributed by atoms with E-state index in [1.54, 1.807) is 6.08 Å². The molecule has 3 heteroatoms. The molecule has 1 N–H and O–H groups in total. The molecule has 0 unspecified atom stereocenters. The van der Waals surface area contributed by atoms with Gasteiger partial charge in [0, 0.05) is 12.1 Å². The summed E-state index contributed by atoms with van der Waals surface area (Å²) in [6.07, 6.45) is 1.76. The Hall–Kier alpha value is -0.830. The molecule has 0 aromatic heterocycles. The largest absolute Gasteiger partial charge is 0.333 e. The number of carbonyl (C=O) groups excluding carboxylic acids is 1. The molecule has 0 saturated carbocycles. The second-order valence-corrected chi connectivity index (χ2v) is 4.24. The lowest BCUT2D eigenvalue weighted by Crippen LogP contribution is -2.49. The number of carbonyl (C=O) groups is 1. The summed E-state index contributed by atoms with van der Waals surface area (Å²) in [5.74, 6) is 0.124. The number of amides is 1. The fraction of sp³-hybridized carbons (Fsp3) is 0.727. The van der Waals surface area contributed by atoms with Gasteiger partial charge in [-0.1, -0.05) is 13.0 Å². The highest BCUT2D eigenvalue weighted by Gasteiger charge is 2.24. The number of nitrogens with zero attached hydrogens (tertiary/aromatic N) is 1. The number of hydrogen-bond donors (Lipinski definition) is 1. The van der Waals surface area contributed by atoms with Crippen LogP contribution in [0.2, 0.25) is 0 Å². The molecule has 0 atom stereocenters. The lowest BCUT2D eigenvalue weighted by molar-refractivity contribution is -0.134. The van der Waals surface area contributed by atoms with Crippen LogP contribution in [0.25, 0.3) is 0 Å². The molecule has 0 aromatic carbocycles. The van der Waals surface area contributed by atoms with Crippen molar-refractivity contribution in [3.8, 4) is 0 Å². The van der Waals surface area contributed by atoms with Crippen molar-refractivity contribution in [1.29, 1.82) is 0 Å². The first-order valence-corrected chi connectivity index (χ1v) is 5.05. The summed E-state index contributed by atoms with van der Waals surface area (Å²) in [4.78, 5) is 13.6. The Balaban J connectivity index is 4.33. The Labute approximate surface area is 87.2 Å². The van der Waals surface area contributed by atoms with E-state index in [1.165, 1.54) is 0 Å². The second kappa shape index (κ2) is 5.81. The number of hydrogen-bond acceptors (Lipinski definition) is 2. The van der Waals surface area contributed by atoms with Crippen LogP contribution in [0.15, 0.2) is 12.7 Å². The van der Waals surface area contributed by atoms with Gasteiger partial charge in [0.2, 0.25) is 5.91 Å². The van der Waals surface area contributed by atoms with Crippen molar-refractivity contribution in [3.63, 3.8) is 0 Å². The molecule has 0 aromatic rings. The Morgan fingerprint density at radius 2 is 2.07 bits per heavy atom. The van der Waals surface area contributed by atoms with Crippen molar-refractivity contribution < 1.29 is 4.79 Å². The average molecular weight is 198 g/mol.